The number of hydrogen-bond acceptors (Lipinski definition) is 4. The molecule has 0 radical (unpaired) electrons. The molecule has 1 unspecified atom stereocenters. The molecule has 2 aliphatic heterocycles. The van der Waals surface area contributed by atoms with E-state index in [2.05, 4.69) is 27.7 Å². The lowest BCUT2D eigenvalue weighted by molar-refractivity contribution is -0.121. The molecular weight excluding hydrogens is 426 g/mol. The Bertz CT molecular complexity index is 1230. The summed E-state index contributed by atoms with van der Waals surface area (Å²) in [6.45, 7) is 2.03. The van der Waals surface area contributed by atoms with Crippen molar-refractivity contribution in [1.29, 1.82) is 0 Å². The Morgan fingerprint density at radius 1 is 0.912 bits per heavy atom. The highest BCUT2D eigenvalue weighted by molar-refractivity contribution is 6.51. The molecule has 1 saturated heterocycles. The molecule has 2 amide bonds. The van der Waals surface area contributed by atoms with E-state index in [1.807, 2.05) is 42.5 Å². The molecular formula is C28H27N3O3. The van der Waals surface area contributed by atoms with E-state index >= 15 is 0 Å². The van der Waals surface area contributed by atoms with Crippen molar-refractivity contribution in [3.8, 4) is 0 Å². The van der Waals surface area contributed by atoms with Crippen LogP contribution in [0.25, 0.3) is 0 Å². The third-order valence-electron chi connectivity index (χ3n) is 6.53. The number of fused-ring (bicyclic) bond motifs is 1. The van der Waals surface area contributed by atoms with Gasteiger partial charge in [-0.3, -0.25) is 14.4 Å². The van der Waals surface area contributed by atoms with E-state index in [-0.39, 0.29) is 18.4 Å². The van der Waals surface area contributed by atoms with Crippen LogP contribution in [0.2, 0.25) is 0 Å². The van der Waals surface area contributed by atoms with Gasteiger partial charge >= 0.3 is 0 Å². The average Bonchev–Trinajstić information content (AvgIpc) is 3.16. The molecule has 1 atom stereocenters. The predicted octanol–water partition coefficient (Wildman–Crippen LogP) is 4.26. The maximum absolute atomic E-state index is 13.2. The first-order valence-corrected chi connectivity index (χ1v) is 11.8. The second-order valence-electron chi connectivity index (χ2n) is 8.86. The van der Waals surface area contributed by atoms with Crippen molar-refractivity contribution in [3.05, 3.63) is 95.1 Å². The summed E-state index contributed by atoms with van der Waals surface area (Å²) in [6.07, 6.45) is 3.71. The number of anilines is 2. The number of nitrogens with one attached hydrogen (secondary N) is 2. The maximum Gasteiger partial charge on any atom is 0.296 e. The van der Waals surface area contributed by atoms with Gasteiger partial charge in [0, 0.05) is 24.3 Å². The number of piperidine rings is 1. The first-order valence-electron chi connectivity index (χ1n) is 11.8. The number of para-hydroxylation sites is 1. The lowest BCUT2D eigenvalue weighted by atomic mass is 9.95. The van der Waals surface area contributed by atoms with Gasteiger partial charge in [0.05, 0.1) is 23.7 Å². The van der Waals surface area contributed by atoms with Gasteiger partial charge < -0.3 is 15.5 Å². The summed E-state index contributed by atoms with van der Waals surface area (Å²) < 4.78 is 0. The van der Waals surface area contributed by atoms with Gasteiger partial charge in [-0.05, 0) is 48.6 Å². The van der Waals surface area contributed by atoms with Crippen molar-refractivity contribution in [3.63, 3.8) is 0 Å². The topological polar surface area (TPSA) is 78.5 Å². The highest BCUT2D eigenvalue weighted by atomic mass is 16.2. The molecule has 3 aromatic carbocycles. The van der Waals surface area contributed by atoms with E-state index in [9.17, 15) is 14.4 Å². The summed E-state index contributed by atoms with van der Waals surface area (Å²) in [5, 5.41) is 5.78. The predicted molar refractivity (Wildman–Crippen MR) is 132 cm³/mol. The standard InChI is InChI=1S/C28H27N3O3/c32-25(18-19-13-14-23-22(17-19)27(33)28(34)29-23)30-26(20-9-3-1-4-10-20)21-11-5-6-12-24(21)31-15-7-2-8-16-31/h1,3-6,9-14,17,26H,2,7-8,15-16,18H2,(H,30,32)(H,29,33,34). The Labute approximate surface area is 199 Å². The van der Waals surface area contributed by atoms with Crippen LogP contribution in [0.3, 0.4) is 0 Å². The number of nitrogens with zero attached hydrogens (tertiary/aromatic N) is 1. The van der Waals surface area contributed by atoms with Gasteiger partial charge in [0.2, 0.25) is 5.91 Å². The fraction of sp³-hybridized carbons (Fsp3) is 0.250. The van der Waals surface area contributed by atoms with E-state index in [0.717, 1.165) is 29.9 Å². The Hall–Kier alpha value is -3.93. The lowest BCUT2D eigenvalue weighted by Gasteiger charge is -2.33. The second kappa shape index (κ2) is 9.51. The Morgan fingerprint density at radius 2 is 1.65 bits per heavy atom. The van der Waals surface area contributed by atoms with Crippen LogP contribution in [0.4, 0.5) is 11.4 Å². The minimum atomic E-state index is -0.630. The van der Waals surface area contributed by atoms with Crippen LogP contribution in [-0.2, 0) is 16.0 Å². The molecule has 2 aliphatic rings. The van der Waals surface area contributed by atoms with Crippen molar-refractivity contribution in [1.82, 2.24) is 5.32 Å². The minimum absolute atomic E-state index is 0.115. The third kappa shape index (κ3) is 4.44. The van der Waals surface area contributed by atoms with E-state index in [0.29, 0.717) is 16.8 Å². The molecule has 0 saturated carbocycles. The van der Waals surface area contributed by atoms with Gasteiger partial charge in [0.25, 0.3) is 11.7 Å². The molecule has 2 N–H and O–H groups in total. The molecule has 3 aromatic rings. The fourth-order valence-corrected chi connectivity index (χ4v) is 4.84. The number of carbonyl (C=O) groups is 3. The van der Waals surface area contributed by atoms with Crippen molar-refractivity contribution in [2.75, 3.05) is 23.3 Å². The van der Waals surface area contributed by atoms with Crippen LogP contribution in [0.1, 0.15) is 52.4 Å². The average molecular weight is 454 g/mol. The largest absolute Gasteiger partial charge is 0.371 e. The maximum atomic E-state index is 13.2. The number of carbonyl (C=O) groups excluding carboxylic acids is 3. The smallest absolute Gasteiger partial charge is 0.296 e. The zero-order valence-electron chi connectivity index (χ0n) is 18.9. The molecule has 5 rings (SSSR count). The van der Waals surface area contributed by atoms with Crippen molar-refractivity contribution < 1.29 is 14.4 Å². The van der Waals surface area contributed by atoms with Crippen molar-refractivity contribution in [2.24, 2.45) is 0 Å². The summed E-state index contributed by atoms with van der Waals surface area (Å²) in [5.74, 6) is -1.34. The summed E-state index contributed by atoms with van der Waals surface area (Å²) >= 11 is 0. The van der Waals surface area contributed by atoms with Gasteiger partial charge in [0.1, 0.15) is 0 Å². The van der Waals surface area contributed by atoms with E-state index < -0.39 is 11.7 Å². The molecule has 0 bridgehead atoms. The van der Waals surface area contributed by atoms with Crippen LogP contribution in [0.5, 0.6) is 0 Å². The Balaban J connectivity index is 1.42. The molecule has 0 aliphatic carbocycles. The minimum Gasteiger partial charge on any atom is -0.371 e. The SMILES string of the molecule is O=C(Cc1ccc2c(c1)C(=O)C(=O)N2)NC(c1ccccc1)c1ccccc1N1CCCCC1. The number of hydrogen-bond donors (Lipinski definition) is 2. The van der Waals surface area contributed by atoms with Gasteiger partial charge in [-0.15, -0.1) is 0 Å². The molecule has 0 aromatic heterocycles. The molecule has 34 heavy (non-hydrogen) atoms. The van der Waals surface area contributed by atoms with E-state index in [1.54, 1.807) is 18.2 Å². The number of rotatable bonds is 6. The highest BCUT2D eigenvalue weighted by Gasteiger charge is 2.28. The monoisotopic (exact) mass is 453 g/mol. The Kier molecular flexibility index (Phi) is 6.12. The lowest BCUT2D eigenvalue weighted by Crippen LogP contribution is -2.34. The number of benzene rings is 3. The van der Waals surface area contributed by atoms with Gasteiger partial charge in [-0.25, -0.2) is 0 Å². The molecule has 0 spiro atoms. The summed E-state index contributed by atoms with van der Waals surface area (Å²) in [5.41, 5.74) is 4.76. The van der Waals surface area contributed by atoms with E-state index in [1.165, 1.54) is 19.3 Å². The summed E-state index contributed by atoms with van der Waals surface area (Å²) in [4.78, 5) is 39.3. The van der Waals surface area contributed by atoms with Crippen LogP contribution < -0.4 is 15.5 Å². The van der Waals surface area contributed by atoms with Crippen molar-refractivity contribution in [2.45, 2.75) is 31.7 Å². The Morgan fingerprint density at radius 3 is 2.44 bits per heavy atom. The summed E-state index contributed by atoms with van der Waals surface area (Å²) in [6, 6.07) is 23.1. The molecule has 6 heteroatoms. The van der Waals surface area contributed by atoms with Crippen LogP contribution in [0.15, 0.2) is 72.8 Å². The zero-order chi connectivity index (χ0) is 23.5. The van der Waals surface area contributed by atoms with Gasteiger partial charge in [-0.2, -0.15) is 0 Å². The fourth-order valence-electron chi connectivity index (χ4n) is 4.84. The van der Waals surface area contributed by atoms with Crippen molar-refractivity contribution >= 4 is 29.0 Å². The molecule has 2 heterocycles. The van der Waals surface area contributed by atoms with E-state index in [4.69, 9.17) is 0 Å². The first kappa shape index (κ1) is 21.9. The zero-order valence-corrected chi connectivity index (χ0v) is 18.9. The normalized spacial score (nSPS) is 16.1. The van der Waals surface area contributed by atoms with Crippen LogP contribution >= 0.6 is 0 Å². The quantitative estimate of drug-likeness (QED) is 0.547. The summed E-state index contributed by atoms with van der Waals surface area (Å²) in [7, 11) is 0. The third-order valence-corrected chi connectivity index (χ3v) is 6.53. The number of Topliss-reactive ketones (excluding diaryl/α,β-unsaturated/α-hetero) is 1. The van der Waals surface area contributed by atoms with Crippen LogP contribution in [-0.4, -0.2) is 30.7 Å². The van der Waals surface area contributed by atoms with Crippen LogP contribution in [0, 0.1) is 0 Å². The number of amides is 2. The second-order valence-corrected chi connectivity index (χ2v) is 8.86. The van der Waals surface area contributed by atoms with Gasteiger partial charge in [0.15, 0.2) is 0 Å². The first-order chi connectivity index (χ1) is 16.6. The molecule has 172 valence electrons. The molecule has 6 nitrogen and oxygen atoms in total. The van der Waals surface area contributed by atoms with Gasteiger partial charge in [-0.1, -0.05) is 54.6 Å². The highest BCUT2D eigenvalue weighted by Crippen LogP contribution is 2.32. The number of ketones is 1. The molecule has 1 fully saturated rings.